The van der Waals surface area contributed by atoms with Crippen LogP contribution >= 0.6 is 0 Å². The highest BCUT2D eigenvalue weighted by Crippen LogP contribution is 2.18. The summed E-state index contributed by atoms with van der Waals surface area (Å²) in [6, 6.07) is 10.4. The zero-order chi connectivity index (χ0) is 13.1. The van der Waals surface area contributed by atoms with Gasteiger partial charge in [0.2, 0.25) is 0 Å². The van der Waals surface area contributed by atoms with Crippen molar-refractivity contribution < 1.29 is 0 Å². The van der Waals surface area contributed by atoms with Gasteiger partial charge in [-0.25, -0.2) is 0 Å². The van der Waals surface area contributed by atoms with Crippen LogP contribution in [0.1, 0.15) is 44.7 Å². The molecule has 1 aliphatic heterocycles. The maximum absolute atomic E-state index is 3.48. The summed E-state index contributed by atoms with van der Waals surface area (Å²) in [5.41, 5.74) is 2.86. The fourth-order valence-corrected chi connectivity index (χ4v) is 2.70. The molecule has 0 radical (unpaired) electrons. The van der Waals surface area contributed by atoms with Crippen molar-refractivity contribution in [3.05, 3.63) is 35.4 Å². The second-order valence-corrected chi connectivity index (χ2v) is 5.92. The van der Waals surface area contributed by atoms with Crippen molar-refractivity contribution in [1.29, 1.82) is 0 Å². The van der Waals surface area contributed by atoms with Gasteiger partial charge in [0.25, 0.3) is 0 Å². The lowest BCUT2D eigenvalue weighted by molar-refractivity contribution is 0.109. The highest BCUT2D eigenvalue weighted by molar-refractivity contribution is 5.24. The van der Waals surface area contributed by atoms with Gasteiger partial charge in [0, 0.05) is 31.7 Å². The van der Waals surface area contributed by atoms with Crippen molar-refractivity contribution in [1.82, 2.24) is 10.2 Å². The molecule has 2 rings (SSSR count). The Kier molecular flexibility index (Phi) is 4.41. The molecule has 1 aliphatic rings. The Morgan fingerprint density at radius 3 is 2.17 bits per heavy atom. The fourth-order valence-electron chi connectivity index (χ4n) is 2.70. The Balaban J connectivity index is 2.03. The van der Waals surface area contributed by atoms with Gasteiger partial charge in [-0.05, 0) is 30.9 Å². The van der Waals surface area contributed by atoms with Crippen LogP contribution in [0.15, 0.2) is 24.3 Å². The summed E-state index contributed by atoms with van der Waals surface area (Å²) in [5.74, 6) is 0.621. The Hall–Kier alpha value is -0.860. The van der Waals surface area contributed by atoms with Crippen molar-refractivity contribution in [2.45, 2.75) is 52.2 Å². The van der Waals surface area contributed by atoms with Gasteiger partial charge >= 0.3 is 0 Å². The van der Waals surface area contributed by atoms with Gasteiger partial charge in [-0.3, -0.25) is 4.90 Å². The van der Waals surface area contributed by atoms with Crippen LogP contribution in [0, 0.1) is 0 Å². The highest BCUT2D eigenvalue weighted by Gasteiger charge is 2.24. The molecular weight excluding hydrogens is 220 g/mol. The van der Waals surface area contributed by atoms with Crippen LogP contribution in [0.4, 0.5) is 0 Å². The SMILES string of the molecule is CC(C)c1ccc(CN2C(C)CNCC2C)cc1. The van der Waals surface area contributed by atoms with Gasteiger partial charge < -0.3 is 5.32 Å². The molecule has 1 heterocycles. The van der Waals surface area contributed by atoms with Crippen LogP contribution in [-0.4, -0.2) is 30.1 Å². The largest absolute Gasteiger partial charge is 0.314 e. The fraction of sp³-hybridized carbons (Fsp3) is 0.625. The molecule has 100 valence electrons. The summed E-state index contributed by atoms with van der Waals surface area (Å²) in [7, 11) is 0. The van der Waals surface area contributed by atoms with Crippen LogP contribution < -0.4 is 5.32 Å². The Bertz CT molecular complexity index is 359. The number of rotatable bonds is 3. The molecule has 18 heavy (non-hydrogen) atoms. The normalized spacial score (nSPS) is 25.6. The molecule has 1 aromatic carbocycles. The summed E-state index contributed by atoms with van der Waals surface area (Å²) in [6.45, 7) is 12.4. The molecule has 2 unspecified atom stereocenters. The smallest absolute Gasteiger partial charge is 0.0240 e. The van der Waals surface area contributed by atoms with Crippen molar-refractivity contribution in [2.75, 3.05) is 13.1 Å². The molecule has 1 saturated heterocycles. The number of piperazine rings is 1. The number of benzene rings is 1. The third-order valence-electron chi connectivity index (χ3n) is 4.02. The summed E-state index contributed by atoms with van der Waals surface area (Å²) >= 11 is 0. The molecule has 2 heteroatoms. The van der Waals surface area contributed by atoms with E-state index in [2.05, 4.69) is 62.2 Å². The second-order valence-electron chi connectivity index (χ2n) is 5.92. The standard InChI is InChI=1S/C16H26N2/c1-12(2)16-7-5-15(6-8-16)11-18-13(3)9-17-10-14(18)4/h5-8,12-14,17H,9-11H2,1-4H3. The minimum Gasteiger partial charge on any atom is -0.314 e. The zero-order valence-electron chi connectivity index (χ0n) is 12.1. The molecule has 0 amide bonds. The van der Waals surface area contributed by atoms with E-state index >= 15 is 0 Å². The summed E-state index contributed by atoms with van der Waals surface area (Å²) in [6.07, 6.45) is 0. The number of nitrogens with one attached hydrogen (secondary N) is 1. The van der Waals surface area contributed by atoms with Crippen molar-refractivity contribution in [3.8, 4) is 0 Å². The van der Waals surface area contributed by atoms with Crippen LogP contribution in [0.25, 0.3) is 0 Å². The summed E-state index contributed by atoms with van der Waals surface area (Å²) < 4.78 is 0. The first-order chi connectivity index (χ1) is 8.58. The third-order valence-corrected chi connectivity index (χ3v) is 4.02. The van der Waals surface area contributed by atoms with Crippen LogP contribution in [-0.2, 0) is 6.54 Å². The van der Waals surface area contributed by atoms with Gasteiger partial charge in [0.15, 0.2) is 0 Å². The minimum absolute atomic E-state index is 0.621. The van der Waals surface area contributed by atoms with Gasteiger partial charge in [-0.1, -0.05) is 38.1 Å². The van der Waals surface area contributed by atoms with Gasteiger partial charge in [-0.2, -0.15) is 0 Å². The predicted octanol–water partition coefficient (Wildman–Crippen LogP) is 2.99. The molecule has 0 spiro atoms. The van der Waals surface area contributed by atoms with Crippen molar-refractivity contribution in [3.63, 3.8) is 0 Å². The van der Waals surface area contributed by atoms with Crippen LogP contribution in [0.2, 0.25) is 0 Å². The first-order valence-electron chi connectivity index (χ1n) is 7.13. The molecule has 0 saturated carbocycles. The lowest BCUT2D eigenvalue weighted by atomic mass is 10.0. The number of hydrogen-bond donors (Lipinski definition) is 1. The second kappa shape index (κ2) is 5.85. The molecule has 2 nitrogen and oxygen atoms in total. The van der Waals surface area contributed by atoms with Gasteiger partial charge in [-0.15, -0.1) is 0 Å². The third kappa shape index (κ3) is 3.12. The molecule has 2 atom stereocenters. The topological polar surface area (TPSA) is 15.3 Å². The Morgan fingerprint density at radius 2 is 1.67 bits per heavy atom. The minimum atomic E-state index is 0.621. The van der Waals surface area contributed by atoms with E-state index < -0.39 is 0 Å². The first kappa shape index (κ1) is 13.6. The van der Waals surface area contributed by atoms with E-state index in [0.717, 1.165) is 19.6 Å². The lowest BCUT2D eigenvalue weighted by Crippen LogP contribution is -2.54. The monoisotopic (exact) mass is 246 g/mol. The maximum atomic E-state index is 3.48. The van der Waals surface area contributed by atoms with E-state index in [0.29, 0.717) is 18.0 Å². The van der Waals surface area contributed by atoms with Crippen LogP contribution in [0.5, 0.6) is 0 Å². The van der Waals surface area contributed by atoms with E-state index in [1.807, 2.05) is 0 Å². The molecule has 1 N–H and O–H groups in total. The number of nitrogens with zero attached hydrogens (tertiary/aromatic N) is 1. The average Bonchev–Trinajstić information content (AvgIpc) is 2.34. The van der Waals surface area contributed by atoms with Crippen LogP contribution in [0.3, 0.4) is 0 Å². The Labute approximate surface area is 111 Å². The molecule has 0 aromatic heterocycles. The van der Waals surface area contributed by atoms with E-state index in [1.54, 1.807) is 0 Å². The predicted molar refractivity (Wildman–Crippen MR) is 77.9 cm³/mol. The van der Waals surface area contributed by atoms with Gasteiger partial charge in [0.05, 0.1) is 0 Å². The molecule has 0 aliphatic carbocycles. The lowest BCUT2D eigenvalue weighted by Gasteiger charge is -2.39. The molecule has 1 aromatic rings. The van der Waals surface area contributed by atoms with E-state index in [4.69, 9.17) is 0 Å². The van der Waals surface area contributed by atoms with E-state index in [9.17, 15) is 0 Å². The first-order valence-corrected chi connectivity index (χ1v) is 7.13. The van der Waals surface area contributed by atoms with Crippen molar-refractivity contribution in [2.24, 2.45) is 0 Å². The van der Waals surface area contributed by atoms with Crippen molar-refractivity contribution >= 4 is 0 Å². The van der Waals surface area contributed by atoms with Gasteiger partial charge in [0.1, 0.15) is 0 Å². The summed E-state index contributed by atoms with van der Waals surface area (Å²) in [5, 5.41) is 3.48. The zero-order valence-corrected chi connectivity index (χ0v) is 12.1. The number of hydrogen-bond acceptors (Lipinski definition) is 2. The summed E-state index contributed by atoms with van der Waals surface area (Å²) in [4.78, 5) is 2.60. The quantitative estimate of drug-likeness (QED) is 0.882. The highest BCUT2D eigenvalue weighted by atomic mass is 15.2. The Morgan fingerprint density at radius 1 is 1.11 bits per heavy atom. The average molecular weight is 246 g/mol. The molecule has 1 fully saturated rings. The molecule has 0 bridgehead atoms. The van der Waals surface area contributed by atoms with E-state index in [1.165, 1.54) is 11.1 Å². The maximum Gasteiger partial charge on any atom is 0.0240 e. The van der Waals surface area contributed by atoms with E-state index in [-0.39, 0.29) is 0 Å². The molecular formula is C16H26N2.